The van der Waals surface area contributed by atoms with Crippen LogP contribution in [0, 0.1) is 32.8 Å². The highest BCUT2D eigenvalue weighted by Crippen LogP contribution is 2.55. The number of hydrogen-bond donors (Lipinski definition) is 3. The highest BCUT2D eigenvalue weighted by molar-refractivity contribution is 7.16. The highest BCUT2D eigenvalue weighted by Gasteiger charge is 2.52. The van der Waals surface area contributed by atoms with Crippen molar-refractivity contribution in [2.24, 2.45) is 16.3 Å². The number of aliphatic imine (C=N–C) groups is 1. The summed E-state index contributed by atoms with van der Waals surface area (Å²) in [4.78, 5) is 40.3. The van der Waals surface area contributed by atoms with E-state index in [9.17, 15) is 20.2 Å². The maximum Gasteiger partial charge on any atom is 0.491 e. The maximum atomic E-state index is 13.0. The number of nitriles is 1. The molecule has 0 aromatic carbocycles. The second kappa shape index (κ2) is 14.2. The Morgan fingerprint density at radius 2 is 2.05 bits per heavy atom. The van der Waals surface area contributed by atoms with Gasteiger partial charge in [0.05, 0.1) is 16.7 Å². The molecule has 3 aromatic rings. The minimum absolute atomic E-state index is 0.0272. The minimum atomic E-state index is -0.744. The van der Waals surface area contributed by atoms with E-state index in [0.29, 0.717) is 29.6 Å². The lowest BCUT2D eigenvalue weighted by molar-refractivity contribution is -0.394. The number of thiophene rings is 1. The van der Waals surface area contributed by atoms with E-state index in [1.807, 2.05) is 0 Å². The van der Waals surface area contributed by atoms with Gasteiger partial charge in [-0.3, -0.25) is 4.90 Å². The van der Waals surface area contributed by atoms with Crippen LogP contribution in [0.15, 0.2) is 21.9 Å². The van der Waals surface area contributed by atoms with Gasteiger partial charge >= 0.3 is 12.0 Å². The van der Waals surface area contributed by atoms with Crippen LogP contribution in [0.5, 0.6) is 0 Å². The van der Waals surface area contributed by atoms with E-state index in [4.69, 9.17) is 20.4 Å². The number of likely N-dealkylation sites (N-methyl/N-ethyl adjacent to an activating group) is 1. The Balaban J connectivity index is 1.00. The van der Waals surface area contributed by atoms with Crippen LogP contribution in [0.25, 0.3) is 5.70 Å². The number of aryl methyl sites for hydroxylation is 1. The summed E-state index contributed by atoms with van der Waals surface area (Å²) in [5, 5.41) is 38.0. The van der Waals surface area contributed by atoms with E-state index < -0.39 is 22.1 Å². The van der Waals surface area contributed by atoms with Gasteiger partial charge in [0.1, 0.15) is 22.6 Å². The summed E-state index contributed by atoms with van der Waals surface area (Å²) >= 11 is 1.56. The number of carbonyl (C=O) groups excluding carboxylic acids is 1. The number of likely N-dealkylation sites (tertiary alicyclic amines) is 1. The normalized spacial score (nSPS) is 28.1. The second-order valence-corrected chi connectivity index (χ2v) is 18.3. The molecule has 18 heteroatoms. The number of fused-ring (bicyclic) bond motifs is 4. The molecular formula is C39H51N13O4S. The molecule has 6 heterocycles. The van der Waals surface area contributed by atoms with Crippen LogP contribution in [0.3, 0.4) is 0 Å². The molecule has 0 radical (unpaired) electrons. The molecule has 3 aromatic heterocycles. The fourth-order valence-electron chi connectivity index (χ4n) is 11.0. The van der Waals surface area contributed by atoms with Crippen LogP contribution >= 0.6 is 11.3 Å². The number of amides is 1. The van der Waals surface area contributed by atoms with Crippen LogP contribution in [-0.2, 0) is 18.3 Å². The monoisotopic (exact) mass is 797 g/mol. The number of anilines is 1. The summed E-state index contributed by atoms with van der Waals surface area (Å²) in [6.45, 7) is 12.1. The SMILES string of the molecule is CCN(CC1CCC2(C1)CN(C(=O)n1cnc([N+](=O)[O-])n1)C2)C1=NC(C)(N2CCCNC[C@@H]2C)NC(c2noc3c2CCC[C@@]32CCCc3sc(N)c(C#N)c32)=C1. The number of nitro groups is 1. The van der Waals surface area contributed by atoms with Gasteiger partial charge in [0.25, 0.3) is 0 Å². The Kier molecular flexibility index (Phi) is 9.39. The topological polar surface area (TPSA) is 213 Å². The van der Waals surface area contributed by atoms with E-state index in [1.165, 1.54) is 4.88 Å². The molecule has 2 unspecified atom stereocenters. The number of nitrogens with two attached hydrogens (primary N) is 1. The Morgan fingerprint density at radius 1 is 1.25 bits per heavy atom. The summed E-state index contributed by atoms with van der Waals surface area (Å²) in [5.41, 5.74) is 10.6. The van der Waals surface area contributed by atoms with Crippen LogP contribution in [0.1, 0.15) is 105 Å². The summed E-state index contributed by atoms with van der Waals surface area (Å²) in [6, 6.07) is 2.29. The Hall–Kier alpha value is -4.86. The molecule has 0 bridgehead atoms. The molecule has 3 fully saturated rings. The lowest BCUT2D eigenvalue weighted by atomic mass is 9.63. The largest absolute Gasteiger partial charge is 0.491 e. The molecule has 6 aliphatic rings. The average Bonchev–Trinajstić information content (AvgIpc) is 3.97. The molecule has 4 N–H and O–H groups in total. The zero-order valence-corrected chi connectivity index (χ0v) is 33.7. The van der Waals surface area contributed by atoms with E-state index in [2.05, 4.69) is 63.4 Å². The summed E-state index contributed by atoms with van der Waals surface area (Å²) in [5.74, 6) is 0.884. The molecule has 4 atom stereocenters. The molecule has 9 rings (SSSR count). The van der Waals surface area contributed by atoms with Crippen molar-refractivity contribution in [1.29, 1.82) is 5.26 Å². The fourth-order valence-corrected chi connectivity index (χ4v) is 12.1. The number of nitrogens with one attached hydrogen (secondary N) is 2. The first-order valence-electron chi connectivity index (χ1n) is 20.4. The van der Waals surface area contributed by atoms with Gasteiger partial charge in [-0.15, -0.1) is 11.3 Å². The highest BCUT2D eigenvalue weighted by atomic mass is 32.1. The van der Waals surface area contributed by atoms with Crippen LogP contribution < -0.4 is 16.4 Å². The third-order valence-corrected chi connectivity index (χ3v) is 14.6. The minimum Gasteiger partial charge on any atom is -0.390 e. The van der Waals surface area contributed by atoms with Crippen molar-refractivity contribution in [3.05, 3.63) is 55.5 Å². The number of carbonyl (C=O) groups is 1. The predicted molar refractivity (Wildman–Crippen MR) is 213 cm³/mol. The first-order valence-corrected chi connectivity index (χ1v) is 21.3. The predicted octanol–water partition coefficient (Wildman–Crippen LogP) is 4.44. The van der Waals surface area contributed by atoms with Crippen molar-refractivity contribution >= 4 is 39.8 Å². The summed E-state index contributed by atoms with van der Waals surface area (Å²) in [6.07, 6.45) is 12.9. The molecule has 1 amide bonds. The number of nitrogen functional groups attached to an aromatic ring is 1. The van der Waals surface area contributed by atoms with E-state index in [-0.39, 0.29) is 17.5 Å². The van der Waals surface area contributed by atoms with Gasteiger partial charge in [-0.25, -0.2) is 9.79 Å². The van der Waals surface area contributed by atoms with Crippen molar-refractivity contribution in [2.75, 3.05) is 51.5 Å². The van der Waals surface area contributed by atoms with Crippen molar-refractivity contribution in [3.63, 3.8) is 0 Å². The number of hydrogen-bond acceptors (Lipinski definition) is 15. The Morgan fingerprint density at radius 3 is 2.81 bits per heavy atom. The van der Waals surface area contributed by atoms with Crippen LogP contribution in [0.4, 0.5) is 15.7 Å². The molecule has 57 heavy (non-hydrogen) atoms. The van der Waals surface area contributed by atoms with Gasteiger partial charge in [0, 0.05) is 72.3 Å². The van der Waals surface area contributed by atoms with Gasteiger partial charge in [-0.05, 0) is 108 Å². The molecular weight excluding hydrogens is 747 g/mol. The molecule has 2 spiro atoms. The van der Waals surface area contributed by atoms with E-state index in [0.717, 1.165) is 142 Å². The third-order valence-electron chi connectivity index (χ3n) is 13.5. The van der Waals surface area contributed by atoms with Crippen molar-refractivity contribution in [2.45, 2.75) is 102 Å². The molecule has 17 nitrogen and oxygen atoms in total. The number of amidine groups is 1. The quantitative estimate of drug-likeness (QED) is 0.233. The number of nitrogens with zero attached hydrogens (tertiary/aromatic N) is 10. The smallest absolute Gasteiger partial charge is 0.390 e. The summed E-state index contributed by atoms with van der Waals surface area (Å²) < 4.78 is 7.44. The van der Waals surface area contributed by atoms with Gasteiger partial charge in [-0.2, -0.15) is 5.26 Å². The number of rotatable bonds is 6. The first kappa shape index (κ1) is 37.7. The van der Waals surface area contributed by atoms with Crippen LogP contribution in [0.2, 0.25) is 0 Å². The van der Waals surface area contributed by atoms with Crippen molar-refractivity contribution < 1.29 is 14.2 Å². The first-order chi connectivity index (χ1) is 27.5. The second-order valence-electron chi connectivity index (χ2n) is 17.2. The van der Waals surface area contributed by atoms with Gasteiger partial charge in [0.2, 0.25) is 6.33 Å². The molecule has 2 saturated heterocycles. The fraction of sp³-hybridized carbons (Fsp3) is 0.641. The third kappa shape index (κ3) is 6.29. The lowest BCUT2D eigenvalue weighted by Gasteiger charge is -2.48. The van der Waals surface area contributed by atoms with Gasteiger partial charge in [-0.1, -0.05) is 14.8 Å². The van der Waals surface area contributed by atoms with Gasteiger partial charge in [0.15, 0.2) is 11.5 Å². The maximum absolute atomic E-state index is 13.0. The molecule has 3 aliphatic heterocycles. The Labute approximate surface area is 335 Å². The standard InChI is InChI=1S/C39H51N13O4S/c1-4-48(20-25-10-13-38(17-25)21-49(22-38)36(53)51-23-43-35(46-51)52(54)55)30-16-28(44-37(3,45-30)50-15-7-14-42-19-24(50)2)32-26-8-5-11-39(33(26)56-47-32)12-6-9-29-31(39)27(18-40)34(41)57-29/h16,23-25,42,44H,4-15,17,19-22,41H2,1-3H3/t24-,25?,37?,39-/m0/s1. The van der Waals surface area contributed by atoms with Crippen molar-refractivity contribution in [3.8, 4) is 6.07 Å². The van der Waals surface area contributed by atoms with Crippen molar-refractivity contribution in [1.82, 2.24) is 45.3 Å². The average molecular weight is 798 g/mol. The van der Waals surface area contributed by atoms with E-state index in [1.54, 1.807) is 16.2 Å². The lowest BCUT2D eigenvalue weighted by Crippen LogP contribution is -2.61. The summed E-state index contributed by atoms with van der Waals surface area (Å²) in [7, 11) is 0. The Bertz CT molecular complexity index is 2190. The zero-order valence-electron chi connectivity index (χ0n) is 32.9. The molecule has 302 valence electrons. The van der Waals surface area contributed by atoms with E-state index >= 15 is 0 Å². The van der Waals surface area contributed by atoms with Crippen LogP contribution in [-0.4, -0.2) is 109 Å². The van der Waals surface area contributed by atoms with Gasteiger partial charge < -0.3 is 40.8 Å². The molecule has 1 saturated carbocycles. The molecule has 3 aliphatic carbocycles. The zero-order chi connectivity index (χ0) is 39.7. The number of aromatic nitrogens is 4.